The van der Waals surface area contributed by atoms with Crippen molar-refractivity contribution in [3.05, 3.63) is 35.1 Å². The molecule has 0 fully saturated rings. The Morgan fingerprint density at radius 2 is 2.29 bits per heavy atom. The van der Waals surface area contributed by atoms with Gasteiger partial charge in [-0.25, -0.2) is 4.39 Å². The van der Waals surface area contributed by atoms with Crippen LogP contribution in [0.25, 0.3) is 0 Å². The molecule has 0 aliphatic rings. The van der Waals surface area contributed by atoms with Crippen LogP contribution in [-0.4, -0.2) is 37.4 Å². The molecule has 0 saturated heterocycles. The first-order valence-electron chi connectivity index (χ1n) is 6.94. The van der Waals surface area contributed by atoms with Crippen molar-refractivity contribution < 1.29 is 19.0 Å². The zero-order valence-corrected chi connectivity index (χ0v) is 12.1. The Bertz CT molecular complexity index is 520. The van der Waals surface area contributed by atoms with Crippen molar-refractivity contribution in [1.82, 2.24) is 5.32 Å². The fraction of sp³-hybridized carbons (Fsp3) is 0.438. The second-order valence-corrected chi connectivity index (χ2v) is 4.28. The lowest BCUT2D eigenvalue weighted by Gasteiger charge is -2.06. The first-order chi connectivity index (χ1) is 10.2. The van der Waals surface area contributed by atoms with E-state index in [1.807, 2.05) is 6.92 Å². The highest BCUT2D eigenvalue weighted by atomic mass is 19.1. The molecule has 0 bridgehead atoms. The minimum Gasteiger partial charge on any atom is -0.395 e. The van der Waals surface area contributed by atoms with Crippen LogP contribution in [0.15, 0.2) is 18.2 Å². The molecule has 1 aromatic carbocycles. The Balaban J connectivity index is 2.55. The van der Waals surface area contributed by atoms with Gasteiger partial charge in [0.25, 0.3) is 5.91 Å². The minimum atomic E-state index is -0.604. The fourth-order valence-electron chi connectivity index (χ4n) is 1.61. The maximum absolute atomic E-state index is 13.8. The molecule has 1 amide bonds. The van der Waals surface area contributed by atoms with Crippen molar-refractivity contribution in [3.8, 4) is 11.8 Å². The molecule has 0 spiro atoms. The predicted molar refractivity (Wildman–Crippen MR) is 78.4 cm³/mol. The number of hydrogen-bond acceptors (Lipinski definition) is 3. The van der Waals surface area contributed by atoms with E-state index < -0.39 is 11.7 Å². The van der Waals surface area contributed by atoms with Gasteiger partial charge in [0, 0.05) is 31.7 Å². The van der Waals surface area contributed by atoms with Crippen LogP contribution in [0.4, 0.5) is 4.39 Å². The maximum atomic E-state index is 13.8. The normalized spacial score (nSPS) is 9.86. The van der Waals surface area contributed by atoms with Crippen LogP contribution in [0.2, 0.25) is 0 Å². The second kappa shape index (κ2) is 9.92. The quantitative estimate of drug-likeness (QED) is 0.594. The van der Waals surface area contributed by atoms with Gasteiger partial charge >= 0.3 is 0 Å². The molecule has 5 heteroatoms. The van der Waals surface area contributed by atoms with Crippen LogP contribution in [0.3, 0.4) is 0 Å². The number of aliphatic hydroxyl groups is 1. The first-order valence-corrected chi connectivity index (χ1v) is 6.94. The standard InChI is InChI=1S/C16H20FNO3/c1-2-21-11-5-9-18-16(20)14-8-7-13(12-15(14)17)6-3-4-10-19/h7-8,12,19H,2,4-5,9-11H2,1H3,(H,18,20). The molecule has 2 N–H and O–H groups in total. The third-order valence-corrected chi connectivity index (χ3v) is 2.64. The van der Waals surface area contributed by atoms with Crippen LogP contribution < -0.4 is 5.32 Å². The molecule has 21 heavy (non-hydrogen) atoms. The maximum Gasteiger partial charge on any atom is 0.254 e. The summed E-state index contributed by atoms with van der Waals surface area (Å²) in [7, 11) is 0. The van der Waals surface area contributed by atoms with Gasteiger partial charge in [0.05, 0.1) is 12.2 Å². The van der Waals surface area contributed by atoms with Gasteiger partial charge < -0.3 is 15.2 Å². The van der Waals surface area contributed by atoms with E-state index in [2.05, 4.69) is 17.2 Å². The smallest absolute Gasteiger partial charge is 0.254 e. The number of hydrogen-bond donors (Lipinski definition) is 2. The Kier molecular flexibility index (Phi) is 8.10. The molecule has 1 aromatic rings. The van der Waals surface area contributed by atoms with Gasteiger partial charge in [-0.3, -0.25) is 4.79 Å². The SMILES string of the molecule is CCOCCCNC(=O)c1ccc(C#CCCO)cc1F. The molecular weight excluding hydrogens is 273 g/mol. The third kappa shape index (κ3) is 6.39. The molecule has 0 saturated carbocycles. The summed E-state index contributed by atoms with van der Waals surface area (Å²) in [5.74, 6) is 4.37. The van der Waals surface area contributed by atoms with Gasteiger partial charge in [0.2, 0.25) is 0 Å². The molecule has 0 aliphatic carbocycles. The van der Waals surface area contributed by atoms with Crippen molar-refractivity contribution in [2.75, 3.05) is 26.4 Å². The molecular formula is C16H20FNO3. The summed E-state index contributed by atoms with van der Waals surface area (Å²) >= 11 is 0. The van der Waals surface area contributed by atoms with Gasteiger partial charge in [0.1, 0.15) is 5.82 Å². The Morgan fingerprint density at radius 3 is 2.95 bits per heavy atom. The van der Waals surface area contributed by atoms with Crippen LogP contribution in [0.5, 0.6) is 0 Å². The average Bonchev–Trinajstić information content (AvgIpc) is 2.47. The van der Waals surface area contributed by atoms with E-state index in [1.165, 1.54) is 12.1 Å². The summed E-state index contributed by atoms with van der Waals surface area (Å²) in [4.78, 5) is 11.8. The lowest BCUT2D eigenvalue weighted by atomic mass is 10.1. The number of aliphatic hydroxyl groups excluding tert-OH is 1. The number of rotatable bonds is 7. The number of benzene rings is 1. The predicted octanol–water partition coefficient (Wildman–Crippen LogP) is 1.72. The van der Waals surface area contributed by atoms with Crippen LogP contribution in [0.1, 0.15) is 35.7 Å². The molecule has 0 aliphatic heterocycles. The zero-order chi connectivity index (χ0) is 15.5. The minimum absolute atomic E-state index is 0.000817. The average molecular weight is 293 g/mol. The van der Waals surface area contributed by atoms with E-state index in [4.69, 9.17) is 9.84 Å². The highest BCUT2D eigenvalue weighted by Gasteiger charge is 2.11. The Morgan fingerprint density at radius 1 is 1.48 bits per heavy atom. The van der Waals surface area contributed by atoms with E-state index >= 15 is 0 Å². The molecule has 0 atom stereocenters. The molecule has 0 unspecified atom stereocenters. The lowest BCUT2D eigenvalue weighted by Crippen LogP contribution is -2.26. The summed E-state index contributed by atoms with van der Waals surface area (Å²) in [6.07, 6.45) is 1.02. The van der Waals surface area contributed by atoms with E-state index in [-0.39, 0.29) is 12.2 Å². The van der Waals surface area contributed by atoms with Crippen LogP contribution in [0, 0.1) is 17.7 Å². The highest BCUT2D eigenvalue weighted by molar-refractivity contribution is 5.94. The van der Waals surface area contributed by atoms with Crippen molar-refractivity contribution in [1.29, 1.82) is 0 Å². The number of carbonyl (C=O) groups excluding carboxylic acids is 1. The van der Waals surface area contributed by atoms with Crippen molar-refractivity contribution in [2.24, 2.45) is 0 Å². The van der Waals surface area contributed by atoms with Crippen molar-refractivity contribution >= 4 is 5.91 Å². The van der Waals surface area contributed by atoms with Gasteiger partial charge in [-0.2, -0.15) is 0 Å². The van der Waals surface area contributed by atoms with E-state index in [9.17, 15) is 9.18 Å². The van der Waals surface area contributed by atoms with Crippen molar-refractivity contribution in [3.63, 3.8) is 0 Å². The van der Waals surface area contributed by atoms with Gasteiger partial charge in [-0.15, -0.1) is 0 Å². The van der Waals surface area contributed by atoms with Gasteiger partial charge in [-0.05, 0) is 31.5 Å². The van der Waals surface area contributed by atoms with E-state index in [0.717, 1.165) is 0 Å². The van der Waals surface area contributed by atoms with Gasteiger partial charge in [-0.1, -0.05) is 11.8 Å². The summed E-state index contributed by atoms with van der Waals surface area (Å²) in [5.41, 5.74) is 0.480. The second-order valence-electron chi connectivity index (χ2n) is 4.28. The molecule has 0 heterocycles. The van der Waals surface area contributed by atoms with Crippen LogP contribution >= 0.6 is 0 Å². The number of ether oxygens (including phenoxy) is 1. The summed E-state index contributed by atoms with van der Waals surface area (Å²) in [5, 5.41) is 11.3. The first kappa shape index (κ1) is 17.2. The van der Waals surface area contributed by atoms with E-state index in [1.54, 1.807) is 6.07 Å². The number of halogens is 1. The largest absolute Gasteiger partial charge is 0.395 e. The van der Waals surface area contributed by atoms with E-state index in [0.29, 0.717) is 38.2 Å². The van der Waals surface area contributed by atoms with Crippen LogP contribution in [-0.2, 0) is 4.74 Å². The summed E-state index contributed by atoms with van der Waals surface area (Å²) in [6, 6.07) is 4.22. The fourth-order valence-corrected chi connectivity index (χ4v) is 1.61. The van der Waals surface area contributed by atoms with Crippen molar-refractivity contribution in [2.45, 2.75) is 19.8 Å². The topological polar surface area (TPSA) is 58.6 Å². The molecule has 114 valence electrons. The number of amides is 1. The Labute approximate surface area is 124 Å². The number of nitrogens with one attached hydrogen (secondary N) is 1. The molecule has 0 radical (unpaired) electrons. The number of carbonyl (C=O) groups is 1. The molecule has 4 nitrogen and oxygen atoms in total. The summed E-state index contributed by atoms with van der Waals surface area (Å²) < 4.78 is 19.0. The lowest BCUT2D eigenvalue weighted by molar-refractivity contribution is 0.0940. The third-order valence-electron chi connectivity index (χ3n) is 2.64. The monoisotopic (exact) mass is 293 g/mol. The molecule has 0 aromatic heterocycles. The summed E-state index contributed by atoms with van der Waals surface area (Å²) in [6.45, 7) is 3.52. The highest BCUT2D eigenvalue weighted by Crippen LogP contribution is 2.10. The zero-order valence-electron chi connectivity index (χ0n) is 12.1. The van der Waals surface area contributed by atoms with Gasteiger partial charge in [0.15, 0.2) is 0 Å². The molecule has 1 rings (SSSR count). The Hall–Kier alpha value is -1.90.